The van der Waals surface area contributed by atoms with Crippen LogP contribution in [0.15, 0.2) is 0 Å². The van der Waals surface area contributed by atoms with Gasteiger partial charge in [-0.2, -0.15) is 5.26 Å². The average Bonchev–Trinajstić information content (AvgIpc) is 2.72. The van der Waals surface area contributed by atoms with Gasteiger partial charge < -0.3 is 4.74 Å². The zero-order valence-corrected chi connectivity index (χ0v) is 8.09. The largest absolute Gasteiger partial charge is 0.381 e. The molecule has 0 aromatic carbocycles. The van der Waals surface area contributed by atoms with E-state index in [2.05, 4.69) is 6.07 Å². The van der Waals surface area contributed by atoms with Crippen LogP contribution in [0.3, 0.4) is 0 Å². The van der Waals surface area contributed by atoms with Crippen molar-refractivity contribution in [2.45, 2.75) is 38.5 Å². The van der Waals surface area contributed by atoms with Crippen molar-refractivity contribution in [3.05, 3.63) is 0 Å². The van der Waals surface area contributed by atoms with E-state index in [1.807, 2.05) is 0 Å². The van der Waals surface area contributed by atoms with E-state index in [9.17, 15) is 5.26 Å². The number of hydrogen-bond acceptors (Lipinski definition) is 2. The van der Waals surface area contributed by atoms with Crippen molar-refractivity contribution in [2.24, 2.45) is 11.3 Å². The van der Waals surface area contributed by atoms with Crippen LogP contribution in [-0.4, -0.2) is 13.2 Å². The third-order valence-corrected chi connectivity index (χ3v) is 3.68. The highest BCUT2D eigenvalue weighted by atomic mass is 16.5. The molecule has 0 bridgehead atoms. The summed E-state index contributed by atoms with van der Waals surface area (Å²) in [7, 11) is 0. The first kappa shape index (κ1) is 9.02. The van der Waals surface area contributed by atoms with Gasteiger partial charge in [-0.15, -0.1) is 0 Å². The van der Waals surface area contributed by atoms with Crippen LogP contribution in [-0.2, 0) is 4.74 Å². The number of hydrogen-bond donors (Lipinski definition) is 0. The molecular formula is C11H17NO. The minimum Gasteiger partial charge on any atom is -0.381 e. The van der Waals surface area contributed by atoms with Crippen LogP contribution in [0.25, 0.3) is 0 Å². The molecule has 2 rings (SSSR count). The third kappa shape index (κ3) is 1.58. The molecule has 1 saturated carbocycles. The molecule has 1 saturated heterocycles. The lowest BCUT2D eigenvalue weighted by atomic mass is 9.66. The lowest BCUT2D eigenvalue weighted by molar-refractivity contribution is 0.125. The summed E-state index contributed by atoms with van der Waals surface area (Å²) in [5.74, 6) is 0.526. The minimum atomic E-state index is -0.0191. The molecule has 72 valence electrons. The van der Waals surface area contributed by atoms with Gasteiger partial charge in [0.05, 0.1) is 18.1 Å². The van der Waals surface area contributed by atoms with Crippen molar-refractivity contribution < 1.29 is 4.74 Å². The smallest absolute Gasteiger partial charge is 0.0693 e. The number of nitrogens with zero attached hydrogens (tertiary/aromatic N) is 1. The van der Waals surface area contributed by atoms with Crippen molar-refractivity contribution in [2.75, 3.05) is 13.2 Å². The Bertz CT molecular complexity index is 207. The summed E-state index contributed by atoms with van der Waals surface area (Å²) < 4.78 is 5.39. The van der Waals surface area contributed by atoms with Gasteiger partial charge in [-0.25, -0.2) is 0 Å². The minimum absolute atomic E-state index is 0.0191. The number of rotatable bonds is 1. The summed E-state index contributed by atoms with van der Waals surface area (Å²) in [6.07, 6.45) is 7.12. The molecule has 1 unspecified atom stereocenters. The SMILES string of the molecule is N#CC1(C2CCOC2)CCCCC1. The molecule has 2 aliphatic rings. The van der Waals surface area contributed by atoms with E-state index in [1.165, 1.54) is 19.3 Å². The molecule has 0 aromatic heterocycles. The fraction of sp³-hybridized carbons (Fsp3) is 0.909. The van der Waals surface area contributed by atoms with Crippen LogP contribution < -0.4 is 0 Å². The molecule has 2 nitrogen and oxygen atoms in total. The van der Waals surface area contributed by atoms with Crippen LogP contribution in [0.4, 0.5) is 0 Å². The Morgan fingerprint density at radius 1 is 1.23 bits per heavy atom. The number of nitriles is 1. The van der Waals surface area contributed by atoms with Gasteiger partial charge in [-0.1, -0.05) is 19.3 Å². The monoisotopic (exact) mass is 179 g/mol. The van der Waals surface area contributed by atoms with E-state index in [0.29, 0.717) is 5.92 Å². The lowest BCUT2D eigenvalue weighted by Gasteiger charge is -2.35. The first-order valence-electron chi connectivity index (χ1n) is 5.36. The molecule has 2 fully saturated rings. The summed E-state index contributed by atoms with van der Waals surface area (Å²) in [6.45, 7) is 1.70. The third-order valence-electron chi connectivity index (χ3n) is 3.68. The van der Waals surface area contributed by atoms with Gasteiger partial charge in [0, 0.05) is 12.5 Å². The van der Waals surface area contributed by atoms with E-state index >= 15 is 0 Å². The molecule has 1 aliphatic carbocycles. The van der Waals surface area contributed by atoms with Gasteiger partial charge in [0.25, 0.3) is 0 Å². The molecule has 0 radical (unpaired) electrons. The van der Waals surface area contributed by atoms with E-state index < -0.39 is 0 Å². The predicted molar refractivity (Wildman–Crippen MR) is 50.1 cm³/mol. The van der Waals surface area contributed by atoms with E-state index in [4.69, 9.17) is 4.74 Å². The second kappa shape index (κ2) is 3.67. The second-order valence-corrected chi connectivity index (χ2v) is 4.39. The van der Waals surface area contributed by atoms with Gasteiger partial charge in [0.15, 0.2) is 0 Å². The van der Waals surface area contributed by atoms with Crippen LogP contribution in [0, 0.1) is 22.7 Å². The maximum Gasteiger partial charge on any atom is 0.0693 e. The highest BCUT2D eigenvalue weighted by Gasteiger charge is 2.41. The summed E-state index contributed by atoms with van der Waals surface area (Å²) in [4.78, 5) is 0. The van der Waals surface area contributed by atoms with Crippen LogP contribution in [0.1, 0.15) is 38.5 Å². The Morgan fingerprint density at radius 3 is 2.54 bits per heavy atom. The Hall–Kier alpha value is -0.550. The Kier molecular flexibility index (Phi) is 2.55. The highest BCUT2D eigenvalue weighted by Crippen LogP contribution is 2.45. The molecule has 1 aliphatic heterocycles. The first-order chi connectivity index (χ1) is 6.37. The van der Waals surface area contributed by atoms with Crippen molar-refractivity contribution >= 4 is 0 Å². The molecule has 0 N–H and O–H groups in total. The second-order valence-electron chi connectivity index (χ2n) is 4.39. The fourth-order valence-corrected chi connectivity index (χ4v) is 2.76. The van der Waals surface area contributed by atoms with E-state index in [0.717, 1.165) is 32.5 Å². The van der Waals surface area contributed by atoms with Gasteiger partial charge in [-0.05, 0) is 19.3 Å². The van der Waals surface area contributed by atoms with Gasteiger partial charge in [0.2, 0.25) is 0 Å². The van der Waals surface area contributed by atoms with Crippen LogP contribution in [0.2, 0.25) is 0 Å². The fourth-order valence-electron chi connectivity index (χ4n) is 2.76. The Labute approximate surface area is 79.9 Å². The van der Waals surface area contributed by atoms with Crippen LogP contribution >= 0.6 is 0 Å². The summed E-state index contributed by atoms with van der Waals surface area (Å²) in [5.41, 5.74) is -0.0191. The standard InChI is InChI=1S/C11H17NO/c12-9-11(5-2-1-3-6-11)10-4-7-13-8-10/h10H,1-8H2. The van der Waals surface area contributed by atoms with Crippen molar-refractivity contribution in [1.29, 1.82) is 5.26 Å². The Balaban J connectivity index is 2.08. The molecule has 0 amide bonds. The average molecular weight is 179 g/mol. The molecular weight excluding hydrogens is 162 g/mol. The summed E-state index contributed by atoms with van der Waals surface area (Å²) in [5, 5.41) is 9.30. The summed E-state index contributed by atoms with van der Waals surface area (Å²) >= 11 is 0. The molecule has 1 atom stereocenters. The molecule has 1 heterocycles. The normalized spacial score (nSPS) is 32.7. The highest BCUT2D eigenvalue weighted by molar-refractivity contribution is 5.05. The maximum atomic E-state index is 9.30. The topological polar surface area (TPSA) is 33.0 Å². The Morgan fingerprint density at radius 2 is 2.00 bits per heavy atom. The molecule has 2 heteroatoms. The van der Waals surface area contributed by atoms with E-state index in [-0.39, 0.29) is 5.41 Å². The van der Waals surface area contributed by atoms with E-state index in [1.54, 1.807) is 0 Å². The molecule has 0 spiro atoms. The lowest BCUT2D eigenvalue weighted by Crippen LogP contribution is -2.31. The summed E-state index contributed by atoms with van der Waals surface area (Å²) in [6, 6.07) is 2.58. The number of ether oxygens (including phenoxy) is 1. The van der Waals surface area contributed by atoms with Crippen molar-refractivity contribution in [3.8, 4) is 6.07 Å². The van der Waals surface area contributed by atoms with Crippen molar-refractivity contribution in [3.63, 3.8) is 0 Å². The predicted octanol–water partition coefficient (Wildman–Crippen LogP) is 2.50. The quantitative estimate of drug-likeness (QED) is 0.619. The maximum absolute atomic E-state index is 9.30. The molecule has 0 aromatic rings. The zero-order chi connectivity index (χ0) is 9.15. The van der Waals surface area contributed by atoms with Gasteiger partial charge in [0.1, 0.15) is 0 Å². The van der Waals surface area contributed by atoms with Gasteiger partial charge in [-0.3, -0.25) is 0 Å². The first-order valence-corrected chi connectivity index (χ1v) is 5.36. The van der Waals surface area contributed by atoms with Crippen LogP contribution in [0.5, 0.6) is 0 Å². The van der Waals surface area contributed by atoms with Gasteiger partial charge >= 0.3 is 0 Å². The zero-order valence-electron chi connectivity index (χ0n) is 8.09. The molecule has 13 heavy (non-hydrogen) atoms. The van der Waals surface area contributed by atoms with Crippen molar-refractivity contribution in [1.82, 2.24) is 0 Å².